The molecule has 5 aromatic rings. The Morgan fingerprint density at radius 3 is 2.80 bits per heavy atom. The SMILES string of the molecule is [C-]#[N+]c1cccc(Cn2cc(-c3ccc4ncnn4c3/C=C/C(=O)O)c(-c3cccc(C)n3)n2)c1. The van der Waals surface area contributed by atoms with Crippen LogP contribution in [0.2, 0.25) is 0 Å². The number of carboxylic acids is 1. The van der Waals surface area contributed by atoms with E-state index in [1.807, 2.05) is 61.7 Å². The molecule has 0 spiro atoms. The van der Waals surface area contributed by atoms with Crippen molar-refractivity contribution in [2.75, 3.05) is 0 Å². The van der Waals surface area contributed by atoms with Crippen LogP contribution in [0.25, 0.3) is 39.1 Å². The van der Waals surface area contributed by atoms with Gasteiger partial charge in [-0.25, -0.2) is 19.1 Å². The van der Waals surface area contributed by atoms with E-state index in [0.29, 0.717) is 35.0 Å². The maximum absolute atomic E-state index is 11.3. The summed E-state index contributed by atoms with van der Waals surface area (Å²) in [6.45, 7) is 9.65. The molecule has 0 aliphatic rings. The molecule has 0 saturated heterocycles. The van der Waals surface area contributed by atoms with Gasteiger partial charge in [0.05, 0.1) is 24.5 Å². The van der Waals surface area contributed by atoms with Crippen molar-refractivity contribution in [3.8, 4) is 22.5 Å². The van der Waals surface area contributed by atoms with Gasteiger partial charge in [-0.3, -0.25) is 9.67 Å². The highest BCUT2D eigenvalue weighted by Gasteiger charge is 2.19. The first-order valence-electron chi connectivity index (χ1n) is 10.7. The zero-order valence-electron chi connectivity index (χ0n) is 18.7. The number of aryl methyl sites for hydroxylation is 1. The summed E-state index contributed by atoms with van der Waals surface area (Å²) in [6.07, 6.45) is 5.91. The van der Waals surface area contributed by atoms with Crippen LogP contribution in [-0.2, 0) is 11.3 Å². The summed E-state index contributed by atoms with van der Waals surface area (Å²) in [4.78, 5) is 23.7. The maximum atomic E-state index is 11.3. The number of hydrogen-bond acceptors (Lipinski definition) is 5. The summed E-state index contributed by atoms with van der Waals surface area (Å²) in [5.74, 6) is -1.07. The van der Waals surface area contributed by atoms with E-state index >= 15 is 0 Å². The van der Waals surface area contributed by atoms with Gasteiger partial charge in [-0.1, -0.05) is 30.3 Å². The van der Waals surface area contributed by atoms with Crippen molar-refractivity contribution in [1.29, 1.82) is 0 Å². The smallest absolute Gasteiger partial charge is 0.328 e. The number of nitrogens with zero attached hydrogens (tertiary/aromatic N) is 7. The van der Waals surface area contributed by atoms with E-state index < -0.39 is 5.97 Å². The molecule has 4 heterocycles. The van der Waals surface area contributed by atoms with Crippen LogP contribution in [0.3, 0.4) is 0 Å². The van der Waals surface area contributed by atoms with Gasteiger partial charge in [-0.2, -0.15) is 10.2 Å². The number of hydrogen-bond donors (Lipinski definition) is 1. The molecule has 0 fully saturated rings. The second kappa shape index (κ2) is 9.03. The highest BCUT2D eigenvalue weighted by molar-refractivity contribution is 5.89. The minimum atomic E-state index is -1.07. The van der Waals surface area contributed by atoms with Crippen LogP contribution >= 0.6 is 0 Å². The minimum Gasteiger partial charge on any atom is -0.478 e. The summed E-state index contributed by atoms with van der Waals surface area (Å²) < 4.78 is 3.40. The third kappa shape index (κ3) is 4.41. The van der Waals surface area contributed by atoms with E-state index in [-0.39, 0.29) is 0 Å². The van der Waals surface area contributed by atoms with E-state index in [0.717, 1.165) is 28.5 Å². The standard InChI is InChI=1S/C26H19N7O2/c1-17-5-3-8-22(30-17)26-21(15-32(31-26)14-18-6-4-7-19(13-18)27-2)20-9-11-24-28-16-29-33(24)23(20)10-12-25(34)35/h3-13,15-16H,14H2,1H3,(H,34,35)/b12-10+. The number of benzene rings is 1. The normalized spacial score (nSPS) is 11.2. The first kappa shape index (κ1) is 21.7. The topological polar surface area (TPSA) is 103 Å². The Kier molecular flexibility index (Phi) is 5.61. The number of rotatable bonds is 6. The Labute approximate surface area is 200 Å². The van der Waals surface area contributed by atoms with Gasteiger partial charge < -0.3 is 5.11 Å². The van der Waals surface area contributed by atoms with Crippen LogP contribution in [0.1, 0.15) is 17.0 Å². The average Bonchev–Trinajstić information content (AvgIpc) is 3.50. The van der Waals surface area contributed by atoms with Crippen molar-refractivity contribution in [1.82, 2.24) is 29.4 Å². The number of carbonyl (C=O) groups is 1. The van der Waals surface area contributed by atoms with Crippen molar-refractivity contribution in [3.05, 3.63) is 102 Å². The molecule has 170 valence electrons. The number of fused-ring (bicyclic) bond motifs is 1. The summed E-state index contributed by atoms with van der Waals surface area (Å²) in [5, 5.41) is 18.4. The lowest BCUT2D eigenvalue weighted by atomic mass is 10.0. The third-order valence-electron chi connectivity index (χ3n) is 5.43. The predicted octanol–water partition coefficient (Wildman–Crippen LogP) is 4.66. The van der Waals surface area contributed by atoms with Crippen molar-refractivity contribution >= 4 is 23.4 Å². The van der Waals surface area contributed by atoms with E-state index in [2.05, 4.69) is 19.9 Å². The monoisotopic (exact) mass is 461 g/mol. The fourth-order valence-corrected chi connectivity index (χ4v) is 3.92. The fourth-order valence-electron chi connectivity index (χ4n) is 3.92. The second-order valence-corrected chi connectivity index (χ2v) is 7.87. The number of aromatic nitrogens is 6. The van der Waals surface area contributed by atoms with Crippen molar-refractivity contribution in [3.63, 3.8) is 0 Å². The molecule has 5 rings (SSSR count). The zero-order chi connectivity index (χ0) is 24.4. The van der Waals surface area contributed by atoms with Gasteiger partial charge in [0.2, 0.25) is 0 Å². The van der Waals surface area contributed by atoms with Crippen molar-refractivity contribution in [2.24, 2.45) is 0 Å². The quantitative estimate of drug-likeness (QED) is 0.291. The van der Waals surface area contributed by atoms with Crippen LogP contribution in [0, 0.1) is 13.5 Å². The molecule has 0 aliphatic heterocycles. The lowest BCUT2D eigenvalue weighted by molar-refractivity contribution is -0.131. The summed E-state index contributed by atoms with van der Waals surface area (Å²) in [6, 6.07) is 16.8. The lowest BCUT2D eigenvalue weighted by Crippen LogP contribution is -2.00. The summed E-state index contributed by atoms with van der Waals surface area (Å²) in [5.41, 5.74) is 6.36. The van der Waals surface area contributed by atoms with Gasteiger partial charge in [0.25, 0.3) is 0 Å². The van der Waals surface area contributed by atoms with E-state index in [1.54, 1.807) is 15.3 Å². The Morgan fingerprint density at radius 1 is 1.14 bits per heavy atom. The molecule has 0 atom stereocenters. The third-order valence-corrected chi connectivity index (χ3v) is 5.43. The Bertz CT molecular complexity index is 1640. The summed E-state index contributed by atoms with van der Waals surface area (Å²) in [7, 11) is 0. The molecule has 0 unspecified atom stereocenters. The average molecular weight is 461 g/mol. The second-order valence-electron chi connectivity index (χ2n) is 7.87. The Morgan fingerprint density at radius 2 is 2.00 bits per heavy atom. The van der Waals surface area contributed by atoms with Gasteiger partial charge in [-0.05, 0) is 42.8 Å². The molecule has 1 N–H and O–H groups in total. The number of aliphatic carboxylic acids is 1. The van der Waals surface area contributed by atoms with Gasteiger partial charge in [0.1, 0.15) is 12.0 Å². The van der Waals surface area contributed by atoms with Crippen molar-refractivity contribution in [2.45, 2.75) is 13.5 Å². The molecule has 0 bridgehead atoms. The first-order chi connectivity index (χ1) is 17.0. The zero-order valence-corrected chi connectivity index (χ0v) is 18.7. The largest absolute Gasteiger partial charge is 0.478 e. The van der Waals surface area contributed by atoms with Crippen LogP contribution in [-0.4, -0.2) is 40.4 Å². The highest BCUT2D eigenvalue weighted by Crippen LogP contribution is 2.34. The molecule has 9 heteroatoms. The highest BCUT2D eigenvalue weighted by atomic mass is 16.4. The molecule has 0 saturated carbocycles. The Hall–Kier alpha value is -5.10. The van der Waals surface area contributed by atoms with Gasteiger partial charge >= 0.3 is 5.97 Å². The lowest BCUT2D eigenvalue weighted by Gasteiger charge is -2.08. The van der Waals surface area contributed by atoms with Crippen molar-refractivity contribution < 1.29 is 9.90 Å². The molecule has 35 heavy (non-hydrogen) atoms. The molecular weight excluding hydrogens is 442 g/mol. The molecule has 9 nitrogen and oxygen atoms in total. The number of pyridine rings is 2. The molecule has 4 aromatic heterocycles. The van der Waals surface area contributed by atoms with Gasteiger partial charge in [-0.15, -0.1) is 0 Å². The predicted molar refractivity (Wildman–Crippen MR) is 131 cm³/mol. The molecule has 0 aliphatic carbocycles. The van der Waals surface area contributed by atoms with Crippen LogP contribution in [0.4, 0.5) is 5.69 Å². The summed E-state index contributed by atoms with van der Waals surface area (Å²) >= 11 is 0. The molecule has 1 aromatic carbocycles. The van der Waals surface area contributed by atoms with E-state index in [9.17, 15) is 9.90 Å². The number of carboxylic acid groups (broad SMARTS) is 1. The van der Waals surface area contributed by atoms with E-state index in [4.69, 9.17) is 11.7 Å². The fraction of sp³-hybridized carbons (Fsp3) is 0.0769. The van der Waals surface area contributed by atoms with E-state index in [1.165, 1.54) is 12.4 Å². The molecule has 0 radical (unpaired) electrons. The first-order valence-corrected chi connectivity index (χ1v) is 10.7. The maximum Gasteiger partial charge on any atom is 0.328 e. The molecule has 0 amide bonds. The van der Waals surface area contributed by atoms with Gasteiger partial charge in [0, 0.05) is 29.1 Å². The minimum absolute atomic E-state index is 0.452. The Balaban J connectivity index is 1.71. The molecular formula is C26H19N7O2. The van der Waals surface area contributed by atoms with Gasteiger partial charge in [0.15, 0.2) is 11.3 Å². The van der Waals surface area contributed by atoms with Crippen LogP contribution < -0.4 is 0 Å². The van der Waals surface area contributed by atoms with Crippen LogP contribution in [0.5, 0.6) is 0 Å². The van der Waals surface area contributed by atoms with Crippen LogP contribution in [0.15, 0.2) is 73.2 Å².